The Hall–Kier alpha value is -1.10. The van der Waals surface area contributed by atoms with Crippen LogP contribution in [0.1, 0.15) is 24.1 Å². The van der Waals surface area contributed by atoms with Gasteiger partial charge in [0.1, 0.15) is 0 Å². The standard InChI is InChI=1S/C15H17ClN2OS/c1-11(12-2-4-13(16)5-3-12)14-10-20-15(17-14)18-6-8-19-9-7-18/h2-5,10-11H,6-9H2,1H3. The van der Waals surface area contributed by atoms with Gasteiger partial charge in [0.15, 0.2) is 5.13 Å². The van der Waals surface area contributed by atoms with Gasteiger partial charge in [0.25, 0.3) is 0 Å². The molecule has 0 saturated carbocycles. The first-order valence-electron chi connectivity index (χ1n) is 6.77. The second-order valence-electron chi connectivity index (χ2n) is 4.93. The van der Waals surface area contributed by atoms with Crippen molar-refractivity contribution in [2.45, 2.75) is 12.8 Å². The summed E-state index contributed by atoms with van der Waals surface area (Å²) in [6.07, 6.45) is 0. The van der Waals surface area contributed by atoms with Crippen LogP contribution in [-0.4, -0.2) is 31.3 Å². The normalized spacial score (nSPS) is 17.2. The van der Waals surface area contributed by atoms with E-state index >= 15 is 0 Å². The zero-order chi connectivity index (χ0) is 13.9. The van der Waals surface area contributed by atoms with E-state index in [1.165, 1.54) is 5.56 Å². The summed E-state index contributed by atoms with van der Waals surface area (Å²) in [5.74, 6) is 0.290. The van der Waals surface area contributed by atoms with Crippen molar-refractivity contribution in [2.75, 3.05) is 31.2 Å². The maximum absolute atomic E-state index is 5.94. The maximum atomic E-state index is 5.94. The molecular formula is C15H17ClN2OS. The number of benzene rings is 1. The molecular weight excluding hydrogens is 292 g/mol. The molecule has 3 nitrogen and oxygen atoms in total. The lowest BCUT2D eigenvalue weighted by molar-refractivity contribution is 0.122. The van der Waals surface area contributed by atoms with Crippen molar-refractivity contribution in [1.29, 1.82) is 0 Å². The van der Waals surface area contributed by atoms with Crippen LogP contribution in [0.4, 0.5) is 5.13 Å². The third kappa shape index (κ3) is 2.97. The predicted molar refractivity (Wildman–Crippen MR) is 84.1 cm³/mol. The molecule has 1 atom stereocenters. The molecule has 2 aromatic rings. The molecule has 0 aliphatic carbocycles. The van der Waals surface area contributed by atoms with E-state index < -0.39 is 0 Å². The number of ether oxygens (including phenoxy) is 1. The number of nitrogens with zero attached hydrogens (tertiary/aromatic N) is 2. The van der Waals surface area contributed by atoms with Gasteiger partial charge in [-0.2, -0.15) is 0 Å². The number of morpholine rings is 1. The molecule has 1 unspecified atom stereocenters. The highest BCUT2D eigenvalue weighted by Gasteiger charge is 2.17. The van der Waals surface area contributed by atoms with E-state index in [9.17, 15) is 0 Å². The lowest BCUT2D eigenvalue weighted by Crippen LogP contribution is -2.36. The number of thiazole rings is 1. The Labute approximate surface area is 128 Å². The molecule has 2 heterocycles. The summed E-state index contributed by atoms with van der Waals surface area (Å²) in [5, 5.41) is 4.03. The van der Waals surface area contributed by atoms with Crippen molar-refractivity contribution in [3.63, 3.8) is 0 Å². The number of hydrogen-bond donors (Lipinski definition) is 0. The van der Waals surface area contributed by atoms with E-state index in [-0.39, 0.29) is 0 Å². The molecule has 1 aliphatic rings. The monoisotopic (exact) mass is 308 g/mol. The third-order valence-electron chi connectivity index (χ3n) is 3.61. The van der Waals surface area contributed by atoms with Crippen LogP contribution in [0.25, 0.3) is 0 Å². The Morgan fingerprint density at radius 1 is 1.25 bits per heavy atom. The van der Waals surface area contributed by atoms with E-state index in [4.69, 9.17) is 21.3 Å². The fourth-order valence-corrected chi connectivity index (χ4v) is 3.40. The molecule has 0 radical (unpaired) electrons. The molecule has 1 aromatic carbocycles. The Balaban J connectivity index is 1.76. The van der Waals surface area contributed by atoms with Crippen LogP contribution in [0, 0.1) is 0 Å². The van der Waals surface area contributed by atoms with Crippen LogP contribution in [-0.2, 0) is 4.74 Å². The number of anilines is 1. The molecule has 3 rings (SSSR count). The van der Waals surface area contributed by atoms with Crippen LogP contribution in [0.15, 0.2) is 29.6 Å². The summed E-state index contributed by atoms with van der Waals surface area (Å²) in [6, 6.07) is 8.01. The van der Waals surface area contributed by atoms with Gasteiger partial charge in [-0.05, 0) is 17.7 Å². The molecule has 0 amide bonds. The molecule has 106 valence electrons. The predicted octanol–water partition coefficient (Wildman–Crippen LogP) is 3.78. The number of halogens is 1. The van der Waals surface area contributed by atoms with Gasteiger partial charge in [-0.1, -0.05) is 30.7 Å². The second kappa shape index (κ2) is 6.12. The van der Waals surface area contributed by atoms with Gasteiger partial charge in [0, 0.05) is 29.4 Å². The van der Waals surface area contributed by atoms with Crippen molar-refractivity contribution in [3.05, 3.63) is 45.9 Å². The van der Waals surface area contributed by atoms with Gasteiger partial charge >= 0.3 is 0 Å². The van der Waals surface area contributed by atoms with Crippen molar-refractivity contribution in [2.24, 2.45) is 0 Å². The summed E-state index contributed by atoms with van der Waals surface area (Å²) < 4.78 is 5.38. The SMILES string of the molecule is CC(c1ccc(Cl)cc1)c1csc(N2CCOCC2)n1. The van der Waals surface area contributed by atoms with Crippen LogP contribution in [0.5, 0.6) is 0 Å². The summed E-state index contributed by atoms with van der Waals surface area (Å²) in [7, 11) is 0. The minimum absolute atomic E-state index is 0.290. The molecule has 5 heteroatoms. The van der Waals surface area contributed by atoms with E-state index in [1.807, 2.05) is 12.1 Å². The zero-order valence-corrected chi connectivity index (χ0v) is 13.0. The zero-order valence-electron chi connectivity index (χ0n) is 11.4. The first-order chi connectivity index (χ1) is 9.74. The quantitative estimate of drug-likeness (QED) is 0.862. The fraction of sp³-hybridized carbons (Fsp3) is 0.400. The smallest absolute Gasteiger partial charge is 0.185 e. The van der Waals surface area contributed by atoms with Gasteiger partial charge in [-0.25, -0.2) is 4.98 Å². The summed E-state index contributed by atoms with van der Waals surface area (Å²) in [6.45, 7) is 5.63. The number of rotatable bonds is 3. The van der Waals surface area contributed by atoms with Gasteiger partial charge in [-0.15, -0.1) is 11.3 Å². The molecule has 1 aliphatic heterocycles. The topological polar surface area (TPSA) is 25.4 Å². The molecule has 1 fully saturated rings. The third-order valence-corrected chi connectivity index (χ3v) is 4.78. The van der Waals surface area contributed by atoms with Gasteiger partial charge < -0.3 is 9.64 Å². The average Bonchev–Trinajstić information content (AvgIpc) is 2.98. The fourth-order valence-electron chi connectivity index (χ4n) is 2.30. The lowest BCUT2D eigenvalue weighted by atomic mass is 9.99. The Kier molecular flexibility index (Phi) is 4.24. The van der Waals surface area contributed by atoms with Crippen LogP contribution >= 0.6 is 22.9 Å². The van der Waals surface area contributed by atoms with E-state index in [1.54, 1.807) is 11.3 Å². The highest BCUT2D eigenvalue weighted by atomic mass is 35.5. The largest absolute Gasteiger partial charge is 0.378 e. The van der Waals surface area contributed by atoms with Crippen molar-refractivity contribution >= 4 is 28.1 Å². The average molecular weight is 309 g/mol. The highest BCUT2D eigenvalue weighted by Crippen LogP contribution is 2.30. The maximum Gasteiger partial charge on any atom is 0.185 e. The van der Waals surface area contributed by atoms with Crippen LogP contribution < -0.4 is 4.90 Å². The summed E-state index contributed by atoms with van der Waals surface area (Å²) in [5.41, 5.74) is 2.37. The minimum Gasteiger partial charge on any atom is -0.378 e. The lowest BCUT2D eigenvalue weighted by Gasteiger charge is -2.26. The molecule has 0 spiro atoms. The Morgan fingerprint density at radius 2 is 1.95 bits per heavy atom. The molecule has 0 bridgehead atoms. The minimum atomic E-state index is 0.290. The van der Waals surface area contributed by atoms with E-state index in [0.717, 1.165) is 42.2 Å². The summed E-state index contributed by atoms with van der Waals surface area (Å²) in [4.78, 5) is 7.09. The van der Waals surface area contributed by atoms with Gasteiger partial charge in [0.2, 0.25) is 0 Å². The van der Waals surface area contributed by atoms with Gasteiger partial charge in [-0.3, -0.25) is 0 Å². The van der Waals surface area contributed by atoms with Crippen molar-refractivity contribution < 1.29 is 4.74 Å². The summed E-state index contributed by atoms with van der Waals surface area (Å²) >= 11 is 7.65. The molecule has 20 heavy (non-hydrogen) atoms. The van der Waals surface area contributed by atoms with Crippen LogP contribution in [0.2, 0.25) is 5.02 Å². The van der Waals surface area contributed by atoms with Crippen molar-refractivity contribution in [3.8, 4) is 0 Å². The molecule has 1 saturated heterocycles. The Morgan fingerprint density at radius 3 is 2.65 bits per heavy atom. The van der Waals surface area contributed by atoms with Crippen molar-refractivity contribution in [1.82, 2.24) is 4.98 Å². The number of aromatic nitrogens is 1. The Bertz CT molecular complexity index is 564. The first kappa shape index (κ1) is 13.9. The number of hydrogen-bond acceptors (Lipinski definition) is 4. The highest BCUT2D eigenvalue weighted by molar-refractivity contribution is 7.13. The second-order valence-corrected chi connectivity index (χ2v) is 6.20. The molecule has 0 N–H and O–H groups in total. The van der Waals surface area contributed by atoms with Gasteiger partial charge in [0.05, 0.1) is 18.9 Å². The van der Waals surface area contributed by atoms with Crippen LogP contribution in [0.3, 0.4) is 0 Å². The van der Waals surface area contributed by atoms with E-state index in [0.29, 0.717) is 5.92 Å². The van der Waals surface area contributed by atoms with E-state index in [2.05, 4.69) is 29.3 Å². The molecule has 1 aromatic heterocycles. The first-order valence-corrected chi connectivity index (χ1v) is 8.03.